The number of rotatable bonds is 5. The van der Waals surface area contributed by atoms with Gasteiger partial charge in [-0.05, 0) is 62.1 Å². The molecule has 2 fully saturated rings. The van der Waals surface area contributed by atoms with Crippen LogP contribution in [0.5, 0.6) is 0 Å². The van der Waals surface area contributed by atoms with Crippen molar-refractivity contribution in [1.82, 2.24) is 4.90 Å². The van der Waals surface area contributed by atoms with Crippen LogP contribution in [0.25, 0.3) is 0 Å². The van der Waals surface area contributed by atoms with Crippen LogP contribution in [0.4, 0.5) is 10.1 Å². The van der Waals surface area contributed by atoms with Gasteiger partial charge in [-0.2, -0.15) is 0 Å². The number of anilines is 1. The molecule has 1 saturated carbocycles. The molecule has 4 rings (SSSR count). The third kappa shape index (κ3) is 3.15. The summed E-state index contributed by atoms with van der Waals surface area (Å²) in [6, 6.07) is 13.5. The lowest BCUT2D eigenvalue weighted by atomic mass is 9.64. The van der Waals surface area contributed by atoms with Crippen LogP contribution in [-0.4, -0.2) is 23.5 Å². The third-order valence-electron chi connectivity index (χ3n) is 6.76. The number of nitrogens with zero attached hydrogens (tertiary/aromatic N) is 1. The number of hydrogen-bond donors (Lipinski definition) is 1. The van der Waals surface area contributed by atoms with Gasteiger partial charge in [0.2, 0.25) is 0 Å². The first-order valence-corrected chi connectivity index (χ1v) is 10.6. The molecule has 1 aliphatic heterocycles. The number of aryl methyl sites for hydroxylation is 1. The molecule has 28 heavy (non-hydrogen) atoms. The highest BCUT2D eigenvalue weighted by Crippen LogP contribution is 2.56. The molecule has 2 nitrogen and oxygen atoms in total. The monoisotopic (exact) mass is 398 g/mol. The van der Waals surface area contributed by atoms with Crippen LogP contribution in [0.3, 0.4) is 0 Å². The topological polar surface area (TPSA) is 15.3 Å². The highest BCUT2D eigenvalue weighted by molar-refractivity contribution is 6.30. The Morgan fingerprint density at radius 3 is 2.68 bits per heavy atom. The maximum Gasteiger partial charge on any atom is 0.129 e. The average Bonchev–Trinajstić information content (AvgIpc) is 2.99. The number of likely N-dealkylation sites (N-methyl/N-ethyl adjacent to an activating group) is 1. The molecule has 148 valence electrons. The lowest BCUT2D eigenvalue weighted by molar-refractivity contribution is 0.0354. The summed E-state index contributed by atoms with van der Waals surface area (Å²) in [5.74, 6) is 0.191. The van der Waals surface area contributed by atoms with Crippen molar-refractivity contribution >= 4 is 17.3 Å². The zero-order valence-electron chi connectivity index (χ0n) is 16.6. The molecule has 1 heterocycles. The average molecular weight is 399 g/mol. The first kappa shape index (κ1) is 19.5. The first-order valence-electron chi connectivity index (χ1n) is 10.2. The Bertz CT molecular complexity index is 890. The highest BCUT2D eigenvalue weighted by atomic mass is 35.5. The molecule has 2 unspecified atom stereocenters. The number of hydrogen-bond acceptors (Lipinski definition) is 2. The van der Waals surface area contributed by atoms with Gasteiger partial charge in [0.25, 0.3) is 0 Å². The van der Waals surface area contributed by atoms with Gasteiger partial charge in [0.1, 0.15) is 5.82 Å². The van der Waals surface area contributed by atoms with Gasteiger partial charge >= 0.3 is 0 Å². The van der Waals surface area contributed by atoms with E-state index in [1.165, 1.54) is 6.42 Å². The van der Waals surface area contributed by atoms with Crippen LogP contribution in [0.2, 0.25) is 5.02 Å². The molecular formula is C24H28ClFN2. The number of nitrogens with one attached hydrogen (secondary N) is 1. The Labute approximate surface area is 172 Å². The van der Waals surface area contributed by atoms with E-state index >= 15 is 4.39 Å². The summed E-state index contributed by atoms with van der Waals surface area (Å²) in [6.45, 7) is 10.3. The summed E-state index contributed by atoms with van der Waals surface area (Å²) in [5.41, 5.74) is 3.51. The Kier molecular flexibility index (Phi) is 5.24. The minimum atomic E-state index is -0.0690. The maximum absolute atomic E-state index is 15.1. The number of benzene rings is 2. The molecule has 0 bridgehead atoms. The number of halogens is 2. The fourth-order valence-corrected chi connectivity index (χ4v) is 5.53. The van der Waals surface area contributed by atoms with Crippen LogP contribution in [0.1, 0.15) is 43.2 Å². The minimum absolute atomic E-state index is 0.0690. The Morgan fingerprint density at radius 1 is 1.29 bits per heavy atom. The second-order valence-corrected chi connectivity index (χ2v) is 8.66. The van der Waals surface area contributed by atoms with Crippen molar-refractivity contribution in [3.63, 3.8) is 0 Å². The zero-order valence-corrected chi connectivity index (χ0v) is 17.4. The largest absolute Gasteiger partial charge is 0.359 e. The smallest absolute Gasteiger partial charge is 0.129 e. The second kappa shape index (κ2) is 7.53. The van der Waals surface area contributed by atoms with Crippen LogP contribution in [-0.2, 0) is 0 Å². The van der Waals surface area contributed by atoms with Crippen molar-refractivity contribution in [1.29, 1.82) is 0 Å². The molecule has 1 saturated heterocycles. The summed E-state index contributed by atoms with van der Waals surface area (Å²) >= 11 is 6.16. The van der Waals surface area contributed by atoms with E-state index in [0.29, 0.717) is 10.6 Å². The minimum Gasteiger partial charge on any atom is -0.359 e. The summed E-state index contributed by atoms with van der Waals surface area (Å²) in [4.78, 5) is 2.55. The van der Waals surface area contributed by atoms with E-state index in [1.807, 2.05) is 49.4 Å². The van der Waals surface area contributed by atoms with E-state index in [4.69, 9.17) is 11.6 Å². The Morgan fingerprint density at radius 2 is 2.04 bits per heavy atom. The zero-order chi connectivity index (χ0) is 19.9. The molecule has 2 aliphatic rings. The van der Waals surface area contributed by atoms with Crippen LogP contribution in [0, 0.1) is 18.7 Å². The van der Waals surface area contributed by atoms with Gasteiger partial charge in [-0.25, -0.2) is 4.39 Å². The molecule has 1 spiro atoms. The summed E-state index contributed by atoms with van der Waals surface area (Å²) in [5, 5.41) is 4.19. The fraction of sp³-hybridized carbons (Fsp3) is 0.417. The molecule has 2 aromatic carbocycles. The normalized spacial score (nSPS) is 23.6. The van der Waals surface area contributed by atoms with Gasteiger partial charge in [0, 0.05) is 40.3 Å². The lowest BCUT2D eigenvalue weighted by Crippen LogP contribution is -2.54. The van der Waals surface area contributed by atoms with E-state index in [9.17, 15) is 0 Å². The van der Waals surface area contributed by atoms with E-state index in [-0.39, 0.29) is 23.2 Å². The van der Waals surface area contributed by atoms with Crippen molar-refractivity contribution in [3.8, 4) is 0 Å². The van der Waals surface area contributed by atoms with Gasteiger partial charge in [-0.15, -0.1) is 0 Å². The van der Waals surface area contributed by atoms with E-state index in [1.54, 1.807) is 0 Å². The second-order valence-electron chi connectivity index (χ2n) is 8.22. The van der Waals surface area contributed by atoms with Crippen LogP contribution < -0.4 is 5.32 Å². The molecule has 2 aromatic rings. The van der Waals surface area contributed by atoms with E-state index in [2.05, 4.69) is 23.7 Å². The van der Waals surface area contributed by atoms with Gasteiger partial charge < -0.3 is 5.32 Å². The fourth-order valence-electron chi connectivity index (χ4n) is 5.34. The van der Waals surface area contributed by atoms with Crippen molar-refractivity contribution in [2.24, 2.45) is 5.92 Å². The predicted molar refractivity (Wildman–Crippen MR) is 115 cm³/mol. The number of likely N-dealkylation sites (tertiary alicyclic amines) is 1. The summed E-state index contributed by atoms with van der Waals surface area (Å²) in [6.07, 6.45) is 3.51. The van der Waals surface area contributed by atoms with E-state index < -0.39 is 0 Å². The van der Waals surface area contributed by atoms with Gasteiger partial charge in [-0.1, -0.05) is 49.4 Å². The molecule has 0 radical (unpaired) electrons. The lowest BCUT2D eigenvalue weighted by Gasteiger charge is -2.50. The SMILES string of the molecule is C=C(Nc1cccc(Cl)c1)C1C(c2cccc(C)c2F)CN(CC)C12CCC2. The van der Waals surface area contributed by atoms with Crippen molar-refractivity contribution < 1.29 is 4.39 Å². The quantitative estimate of drug-likeness (QED) is 0.629. The molecule has 1 aliphatic carbocycles. The molecule has 0 amide bonds. The summed E-state index contributed by atoms with van der Waals surface area (Å²) in [7, 11) is 0. The standard InChI is InChI=1S/C24H28ClFN2/c1-4-28-15-21(20-11-5-8-16(2)23(20)26)22(24(28)12-7-13-24)17(3)27-19-10-6-9-18(25)14-19/h5-6,8-11,14,21-22,27H,3-4,7,12-13,15H2,1-2H3. The Hall–Kier alpha value is -1.84. The van der Waals surface area contributed by atoms with Gasteiger partial charge in [-0.3, -0.25) is 4.90 Å². The highest BCUT2D eigenvalue weighted by Gasteiger charge is 2.57. The van der Waals surface area contributed by atoms with Gasteiger partial charge in [0.05, 0.1) is 0 Å². The maximum atomic E-state index is 15.1. The predicted octanol–water partition coefficient (Wildman–Crippen LogP) is 6.37. The van der Waals surface area contributed by atoms with Gasteiger partial charge in [0.15, 0.2) is 0 Å². The van der Waals surface area contributed by atoms with Crippen molar-refractivity contribution in [3.05, 3.63) is 76.7 Å². The van der Waals surface area contributed by atoms with Crippen molar-refractivity contribution in [2.75, 3.05) is 18.4 Å². The summed E-state index contributed by atoms with van der Waals surface area (Å²) < 4.78 is 15.1. The molecule has 4 heteroatoms. The molecule has 2 atom stereocenters. The molecule has 0 aromatic heterocycles. The van der Waals surface area contributed by atoms with Crippen molar-refractivity contribution in [2.45, 2.75) is 44.6 Å². The van der Waals surface area contributed by atoms with Crippen LogP contribution >= 0.6 is 11.6 Å². The first-order chi connectivity index (χ1) is 13.5. The van der Waals surface area contributed by atoms with Crippen LogP contribution in [0.15, 0.2) is 54.7 Å². The molecular weight excluding hydrogens is 371 g/mol. The van der Waals surface area contributed by atoms with E-state index in [0.717, 1.165) is 42.9 Å². The third-order valence-corrected chi connectivity index (χ3v) is 6.99. The molecule has 1 N–H and O–H groups in total. The Balaban J connectivity index is 1.72.